The first-order chi connectivity index (χ1) is 8.93. The number of hydrogen-bond donors (Lipinski definition) is 1. The average molecular weight is 284 g/mol. The fourth-order valence-corrected chi connectivity index (χ4v) is 2.61. The van der Waals surface area contributed by atoms with Gasteiger partial charge in [0.1, 0.15) is 0 Å². The zero-order valence-electron chi connectivity index (χ0n) is 9.87. The lowest BCUT2D eigenvalue weighted by atomic mass is 10.0. The minimum Gasteiger partial charge on any atom is -0.375 e. The van der Waals surface area contributed by atoms with Gasteiger partial charge in [-0.2, -0.15) is 13.2 Å². The van der Waals surface area contributed by atoms with Crippen molar-refractivity contribution < 1.29 is 13.2 Å². The van der Waals surface area contributed by atoms with E-state index in [-0.39, 0.29) is 5.92 Å². The van der Waals surface area contributed by atoms with E-state index >= 15 is 0 Å². The van der Waals surface area contributed by atoms with Crippen LogP contribution in [0.15, 0.2) is 23.6 Å². The Kier molecular flexibility index (Phi) is 2.78. The third-order valence-corrected chi connectivity index (χ3v) is 3.82. The summed E-state index contributed by atoms with van der Waals surface area (Å²) in [5.74, 6) is 0.261. The molecule has 1 heterocycles. The number of halogens is 3. The van der Waals surface area contributed by atoms with Crippen LogP contribution < -0.4 is 5.73 Å². The minimum absolute atomic E-state index is 0.261. The summed E-state index contributed by atoms with van der Waals surface area (Å²) in [4.78, 5) is 4.05. The molecule has 2 aromatic rings. The molecule has 2 nitrogen and oxygen atoms in total. The summed E-state index contributed by atoms with van der Waals surface area (Å²) in [5.41, 5.74) is 6.67. The average Bonchev–Trinajstić information content (AvgIpc) is 3.10. The maximum atomic E-state index is 12.9. The number of rotatable bonds is 2. The SMILES string of the molecule is Nc1nc(-c2cc(C3CC3)cc(C(F)(F)F)c2)cs1. The van der Waals surface area contributed by atoms with Crippen molar-refractivity contribution in [1.29, 1.82) is 0 Å². The largest absolute Gasteiger partial charge is 0.416 e. The van der Waals surface area contributed by atoms with Gasteiger partial charge in [0.25, 0.3) is 0 Å². The summed E-state index contributed by atoms with van der Waals surface area (Å²) < 4.78 is 38.7. The fraction of sp³-hybridized carbons (Fsp3) is 0.308. The molecule has 2 N–H and O–H groups in total. The Bertz CT molecular complexity index is 615. The molecular formula is C13H11F3N2S. The zero-order chi connectivity index (χ0) is 13.6. The highest BCUT2D eigenvalue weighted by molar-refractivity contribution is 7.13. The van der Waals surface area contributed by atoms with Crippen LogP contribution in [0, 0.1) is 0 Å². The monoisotopic (exact) mass is 284 g/mol. The van der Waals surface area contributed by atoms with Crippen molar-refractivity contribution in [1.82, 2.24) is 4.98 Å². The summed E-state index contributed by atoms with van der Waals surface area (Å²) in [6.07, 6.45) is -2.42. The Morgan fingerprint density at radius 3 is 2.47 bits per heavy atom. The fourth-order valence-electron chi connectivity index (χ4n) is 2.04. The van der Waals surface area contributed by atoms with Crippen LogP contribution in [0.3, 0.4) is 0 Å². The van der Waals surface area contributed by atoms with Crippen molar-refractivity contribution in [3.8, 4) is 11.3 Å². The summed E-state index contributed by atoms with van der Waals surface area (Å²) >= 11 is 1.23. The predicted octanol–water partition coefficient (Wildman–Crippen LogP) is 4.29. The van der Waals surface area contributed by atoms with Gasteiger partial charge in [0, 0.05) is 10.9 Å². The summed E-state index contributed by atoms with van der Waals surface area (Å²) in [7, 11) is 0. The van der Waals surface area contributed by atoms with E-state index in [1.54, 1.807) is 11.4 Å². The molecule has 1 aliphatic carbocycles. The lowest BCUT2D eigenvalue weighted by Crippen LogP contribution is -2.06. The first kappa shape index (κ1) is 12.5. The van der Waals surface area contributed by atoms with Crippen LogP contribution in [0.5, 0.6) is 0 Å². The predicted molar refractivity (Wildman–Crippen MR) is 68.9 cm³/mol. The first-order valence-corrected chi connectivity index (χ1v) is 6.75. The van der Waals surface area contributed by atoms with E-state index in [1.165, 1.54) is 17.4 Å². The van der Waals surface area contributed by atoms with E-state index in [1.807, 2.05) is 0 Å². The number of anilines is 1. The maximum absolute atomic E-state index is 12.9. The van der Waals surface area contributed by atoms with Crippen LogP contribution in [-0.2, 0) is 6.18 Å². The molecule has 1 aromatic carbocycles. The van der Waals surface area contributed by atoms with Crippen molar-refractivity contribution in [2.24, 2.45) is 0 Å². The molecule has 0 amide bonds. The highest BCUT2D eigenvalue weighted by atomic mass is 32.1. The van der Waals surface area contributed by atoms with Gasteiger partial charge < -0.3 is 5.73 Å². The highest BCUT2D eigenvalue weighted by Crippen LogP contribution is 2.43. The molecule has 0 unspecified atom stereocenters. The molecule has 3 rings (SSSR count). The molecule has 0 bridgehead atoms. The Morgan fingerprint density at radius 2 is 1.95 bits per heavy atom. The van der Waals surface area contributed by atoms with Crippen LogP contribution in [0.1, 0.15) is 29.9 Å². The quantitative estimate of drug-likeness (QED) is 0.893. The number of thiazole rings is 1. The zero-order valence-corrected chi connectivity index (χ0v) is 10.7. The van der Waals surface area contributed by atoms with Crippen molar-refractivity contribution in [2.45, 2.75) is 24.9 Å². The second kappa shape index (κ2) is 4.23. The van der Waals surface area contributed by atoms with Gasteiger partial charge >= 0.3 is 6.18 Å². The lowest BCUT2D eigenvalue weighted by Gasteiger charge is -2.11. The molecular weight excluding hydrogens is 273 g/mol. The van der Waals surface area contributed by atoms with Crippen molar-refractivity contribution >= 4 is 16.5 Å². The van der Waals surface area contributed by atoms with Gasteiger partial charge in [0.05, 0.1) is 11.3 Å². The molecule has 19 heavy (non-hydrogen) atoms. The van der Waals surface area contributed by atoms with E-state index in [0.29, 0.717) is 16.4 Å². The molecule has 0 saturated heterocycles. The van der Waals surface area contributed by atoms with Gasteiger partial charge in [-0.05, 0) is 42.5 Å². The summed E-state index contributed by atoms with van der Waals surface area (Å²) in [6.45, 7) is 0. The standard InChI is InChI=1S/C13H11F3N2S/c14-13(15,16)10-4-8(7-1-2-7)3-9(5-10)11-6-19-12(17)18-11/h3-7H,1-2H2,(H2,17,18). The van der Waals surface area contributed by atoms with E-state index in [4.69, 9.17) is 5.73 Å². The maximum Gasteiger partial charge on any atom is 0.416 e. The number of nitrogen functional groups attached to an aromatic ring is 1. The molecule has 0 atom stereocenters. The molecule has 6 heteroatoms. The molecule has 1 fully saturated rings. The van der Waals surface area contributed by atoms with E-state index in [0.717, 1.165) is 24.5 Å². The smallest absolute Gasteiger partial charge is 0.375 e. The van der Waals surface area contributed by atoms with Gasteiger partial charge in [-0.15, -0.1) is 11.3 Å². The van der Waals surface area contributed by atoms with Gasteiger partial charge in [-0.3, -0.25) is 0 Å². The third kappa shape index (κ3) is 2.58. The molecule has 0 radical (unpaired) electrons. The highest BCUT2D eigenvalue weighted by Gasteiger charge is 2.33. The van der Waals surface area contributed by atoms with Gasteiger partial charge in [-0.1, -0.05) is 0 Å². The second-order valence-corrected chi connectivity index (χ2v) is 5.58. The summed E-state index contributed by atoms with van der Waals surface area (Å²) in [5, 5.41) is 2.04. The topological polar surface area (TPSA) is 38.9 Å². The molecule has 0 aliphatic heterocycles. The van der Waals surface area contributed by atoms with Crippen LogP contribution in [0.4, 0.5) is 18.3 Å². The molecule has 1 aliphatic rings. The van der Waals surface area contributed by atoms with Crippen molar-refractivity contribution in [2.75, 3.05) is 5.73 Å². The number of hydrogen-bond acceptors (Lipinski definition) is 3. The Hall–Kier alpha value is -1.56. The van der Waals surface area contributed by atoms with Crippen LogP contribution in [0.2, 0.25) is 0 Å². The van der Waals surface area contributed by atoms with Crippen molar-refractivity contribution in [3.05, 3.63) is 34.7 Å². The lowest BCUT2D eigenvalue weighted by molar-refractivity contribution is -0.137. The van der Waals surface area contributed by atoms with E-state index in [9.17, 15) is 13.2 Å². The van der Waals surface area contributed by atoms with E-state index in [2.05, 4.69) is 4.98 Å². The number of benzene rings is 1. The molecule has 1 aromatic heterocycles. The first-order valence-electron chi connectivity index (χ1n) is 5.87. The molecule has 1 saturated carbocycles. The van der Waals surface area contributed by atoms with E-state index < -0.39 is 11.7 Å². The Balaban J connectivity index is 2.10. The Morgan fingerprint density at radius 1 is 1.21 bits per heavy atom. The van der Waals surface area contributed by atoms with Crippen LogP contribution >= 0.6 is 11.3 Å². The van der Waals surface area contributed by atoms with Crippen LogP contribution in [-0.4, -0.2) is 4.98 Å². The number of nitrogens with zero attached hydrogens (tertiary/aromatic N) is 1. The minimum atomic E-state index is -4.33. The van der Waals surface area contributed by atoms with Gasteiger partial charge in [-0.25, -0.2) is 4.98 Å². The van der Waals surface area contributed by atoms with Gasteiger partial charge in [0.15, 0.2) is 5.13 Å². The number of alkyl halides is 3. The number of aromatic nitrogens is 1. The van der Waals surface area contributed by atoms with Crippen LogP contribution in [0.25, 0.3) is 11.3 Å². The third-order valence-electron chi connectivity index (χ3n) is 3.15. The van der Waals surface area contributed by atoms with Gasteiger partial charge in [0.2, 0.25) is 0 Å². The molecule has 100 valence electrons. The second-order valence-electron chi connectivity index (χ2n) is 4.69. The molecule has 0 spiro atoms. The normalized spacial score (nSPS) is 15.7. The summed E-state index contributed by atoms with van der Waals surface area (Å²) in [6, 6.07) is 4.18. The number of nitrogens with two attached hydrogens (primary N) is 1. The van der Waals surface area contributed by atoms with Crippen molar-refractivity contribution in [3.63, 3.8) is 0 Å². The Labute approximate surface area is 112 Å².